The molecule has 0 radical (unpaired) electrons. The smallest absolute Gasteiger partial charge is 0.122 e. The van der Waals surface area contributed by atoms with Crippen LogP contribution in [0, 0.1) is 0 Å². The predicted molar refractivity (Wildman–Crippen MR) is 66.3 cm³/mol. The lowest BCUT2D eigenvalue weighted by atomic mass is 9.95. The summed E-state index contributed by atoms with van der Waals surface area (Å²) in [5.74, 6) is 0.884. The van der Waals surface area contributed by atoms with Crippen LogP contribution in [0.25, 0.3) is 0 Å². The van der Waals surface area contributed by atoms with Gasteiger partial charge in [-0.25, -0.2) is 0 Å². The number of rotatable bonds is 4. The van der Waals surface area contributed by atoms with E-state index in [4.69, 9.17) is 9.47 Å². The Morgan fingerprint density at radius 3 is 2.71 bits per heavy atom. The molecule has 2 rings (SSSR count). The van der Waals surface area contributed by atoms with Crippen LogP contribution in [0.1, 0.15) is 25.3 Å². The van der Waals surface area contributed by atoms with E-state index in [-0.39, 0.29) is 0 Å². The van der Waals surface area contributed by atoms with Gasteiger partial charge in [0.05, 0.1) is 0 Å². The summed E-state index contributed by atoms with van der Waals surface area (Å²) in [5.41, 5.74) is 0.460. The standard InChI is InChI=1S/C14H20O3/c1-2-12-5-3-4-6-13(12)17-11-14(15)7-9-16-10-8-14/h3-6,15H,2,7-11H2,1H3. The zero-order valence-electron chi connectivity index (χ0n) is 10.3. The Balaban J connectivity index is 1.96. The Hall–Kier alpha value is -1.06. The maximum Gasteiger partial charge on any atom is 0.122 e. The lowest BCUT2D eigenvalue weighted by Crippen LogP contribution is -2.41. The topological polar surface area (TPSA) is 38.7 Å². The molecule has 0 bridgehead atoms. The lowest BCUT2D eigenvalue weighted by Gasteiger charge is -2.31. The lowest BCUT2D eigenvalue weighted by molar-refractivity contribution is -0.0856. The van der Waals surface area contributed by atoms with Gasteiger partial charge in [-0.1, -0.05) is 25.1 Å². The van der Waals surface area contributed by atoms with Gasteiger partial charge in [-0.3, -0.25) is 0 Å². The number of aryl methyl sites for hydroxylation is 1. The van der Waals surface area contributed by atoms with Gasteiger partial charge in [0, 0.05) is 26.1 Å². The summed E-state index contributed by atoms with van der Waals surface area (Å²) < 4.78 is 11.0. The molecule has 1 heterocycles. The molecular formula is C14H20O3. The van der Waals surface area contributed by atoms with Crippen molar-refractivity contribution in [2.75, 3.05) is 19.8 Å². The fourth-order valence-corrected chi connectivity index (χ4v) is 2.04. The van der Waals surface area contributed by atoms with Crippen molar-refractivity contribution in [1.82, 2.24) is 0 Å². The van der Waals surface area contributed by atoms with E-state index in [1.807, 2.05) is 18.2 Å². The van der Waals surface area contributed by atoms with Crippen molar-refractivity contribution in [3.05, 3.63) is 29.8 Å². The molecule has 1 aliphatic rings. The summed E-state index contributed by atoms with van der Waals surface area (Å²) in [5, 5.41) is 10.3. The molecule has 1 aliphatic heterocycles. The van der Waals surface area contributed by atoms with Gasteiger partial charge >= 0.3 is 0 Å². The van der Waals surface area contributed by atoms with Gasteiger partial charge in [0.2, 0.25) is 0 Å². The van der Waals surface area contributed by atoms with Gasteiger partial charge in [-0.2, -0.15) is 0 Å². The summed E-state index contributed by atoms with van der Waals surface area (Å²) in [6.45, 7) is 3.70. The highest BCUT2D eigenvalue weighted by Crippen LogP contribution is 2.24. The van der Waals surface area contributed by atoms with Gasteiger partial charge in [0.15, 0.2) is 0 Å². The summed E-state index contributed by atoms with van der Waals surface area (Å²) in [7, 11) is 0. The van der Waals surface area contributed by atoms with Gasteiger partial charge in [-0.15, -0.1) is 0 Å². The van der Waals surface area contributed by atoms with Gasteiger partial charge in [0.25, 0.3) is 0 Å². The molecule has 17 heavy (non-hydrogen) atoms. The number of ether oxygens (including phenoxy) is 2. The largest absolute Gasteiger partial charge is 0.490 e. The van der Waals surface area contributed by atoms with Crippen LogP contribution in [0.2, 0.25) is 0 Å². The van der Waals surface area contributed by atoms with E-state index in [0.29, 0.717) is 32.7 Å². The molecule has 1 fully saturated rings. The van der Waals surface area contributed by atoms with Gasteiger partial charge in [0.1, 0.15) is 18.0 Å². The van der Waals surface area contributed by atoms with E-state index < -0.39 is 5.60 Å². The highest BCUT2D eigenvalue weighted by Gasteiger charge is 2.30. The van der Waals surface area contributed by atoms with E-state index in [2.05, 4.69) is 13.0 Å². The molecule has 0 unspecified atom stereocenters. The third-order valence-electron chi connectivity index (χ3n) is 3.27. The summed E-state index contributed by atoms with van der Waals surface area (Å²) >= 11 is 0. The first-order valence-corrected chi connectivity index (χ1v) is 6.24. The Morgan fingerprint density at radius 1 is 1.29 bits per heavy atom. The molecular weight excluding hydrogens is 216 g/mol. The normalized spacial score (nSPS) is 18.9. The first kappa shape index (κ1) is 12.4. The van der Waals surface area contributed by atoms with Gasteiger partial charge < -0.3 is 14.6 Å². The molecule has 1 aromatic carbocycles. The van der Waals surface area contributed by atoms with Crippen molar-refractivity contribution < 1.29 is 14.6 Å². The molecule has 1 N–H and O–H groups in total. The van der Waals surface area contributed by atoms with E-state index in [9.17, 15) is 5.11 Å². The Labute approximate surface area is 102 Å². The molecule has 0 spiro atoms. The zero-order valence-corrected chi connectivity index (χ0v) is 10.3. The monoisotopic (exact) mass is 236 g/mol. The van der Waals surface area contributed by atoms with Crippen LogP contribution in [-0.2, 0) is 11.2 Å². The highest BCUT2D eigenvalue weighted by molar-refractivity contribution is 5.33. The van der Waals surface area contributed by atoms with Crippen LogP contribution >= 0.6 is 0 Å². The molecule has 0 aliphatic carbocycles. The van der Waals surface area contributed by atoms with Crippen LogP contribution in [0.5, 0.6) is 5.75 Å². The highest BCUT2D eigenvalue weighted by atomic mass is 16.5. The third-order valence-corrected chi connectivity index (χ3v) is 3.27. The average Bonchev–Trinajstić information content (AvgIpc) is 2.38. The molecule has 1 saturated heterocycles. The second-order valence-corrected chi connectivity index (χ2v) is 4.59. The number of benzene rings is 1. The fraction of sp³-hybridized carbons (Fsp3) is 0.571. The van der Waals surface area contributed by atoms with Crippen LogP contribution in [-0.4, -0.2) is 30.5 Å². The third kappa shape index (κ3) is 3.20. The van der Waals surface area contributed by atoms with E-state index in [1.165, 1.54) is 5.56 Å². The number of para-hydroxylation sites is 1. The Kier molecular flexibility index (Phi) is 4.02. The molecule has 3 nitrogen and oxygen atoms in total. The number of aliphatic hydroxyl groups is 1. The minimum atomic E-state index is -0.723. The number of hydrogen-bond acceptors (Lipinski definition) is 3. The summed E-state index contributed by atoms with van der Waals surface area (Å²) in [6.07, 6.45) is 2.25. The summed E-state index contributed by atoms with van der Waals surface area (Å²) in [6, 6.07) is 7.99. The molecule has 0 amide bonds. The summed E-state index contributed by atoms with van der Waals surface area (Å²) in [4.78, 5) is 0. The Morgan fingerprint density at radius 2 is 2.00 bits per heavy atom. The van der Waals surface area contributed by atoms with Crippen molar-refractivity contribution in [3.8, 4) is 5.75 Å². The Bertz CT molecular complexity index is 356. The zero-order chi connectivity index (χ0) is 12.1. The van der Waals surface area contributed by atoms with Gasteiger partial charge in [-0.05, 0) is 18.1 Å². The first-order valence-electron chi connectivity index (χ1n) is 6.24. The SMILES string of the molecule is CCc1ccccc1OCC1(O)CCOCC1. The maximum absolute atomic E-state index is 10.3. The fourth-order valence-electron chi connectivity index (χ4n) is 2.04. The molecule has 1 aromatic rings. The molecule has 3 heteroatoms. The average molecular weight is 236 g/mol. The van der Waals surface area contributed by atoms with Crippen LogP contribution < -0.4 is 4.74 Å². The first-order chi connectivity index (χ1) is 8.23. The van der Waals surface area contributed by atoms with Crippen molar-refractivity contribution in [2.24, 2.45) is 0 Å². The van der Waals surface area contributed by atoms with E-state index >= 15 is 0 Å². The molecule has 0 saturated carbocycles. The quantitative estimate of drug-likeness (QED) is 0.870. The second kappa shape index (κ2) is 5.52. The predicted octanol–water partition coefficient (Wildman–Crippen LogP) is 2.17. The number of hydrogen-bond donors (Lipinski definition) is 1. The van der Waals surface area contributed by atoms with Crippen molar-refractivity contribution in [2.45, 2.75) is 31.8 Å². The molecule has 0 atom stereocenters. The van der Waals surface area contributed by atoms with Crippen molar-refractivity contribution >= 4 is 0 Å². The minimum Gasteiger partial charge on any atom is -0.490 e. The van der Waals surface area contributed by atoms with Crippen molar-refractivity contribution in [1.29, 1.82) is 0 Å². The van der Waals surface area contributed by atoms with Crippen LogP contribution in [0.15, 0.2) is 24.3 Å². The van der Waals surface area contributed by atoms with Crippen LogP contribution in [0.3, 0.4) is 0 Å². The van der Waals surface area contributed by atoms with E-state index in [1.54, 1.807) is 0 Å². The molecule has 0 aromatic heterocycles. The van der Waals surface area contributed by atoms with Crippen LogP contribution in [0.4, 0.5) is 0 Å². The molecule has 94 valence electrons. The van der Waals surface area contributed by atoms with Crippen molar-refractivity contribution in [3.63, 3.8) is 0 Å². The minimum absolute atomic E-state index is 0.355. The maximum atomic E-state index is 10.3. The van der Waals surface area contributed by atoms with E-state index in [0.717, 1.165) is 12.2 Å². The second-order valence-electron chi connectivity index (χ2n) is 4.59.